The van der Waals surface area contributed by atoms with E-state index >= 15 is 0 Å². The molecule has 7 heteroatoms. The Labute approximate surface area is 98.2 Å². The van der Waals surface area contributed by atoms with Crippen molar-refractivity contribution < 1.29 is 17.8 Å². The predicted molar refractivity (Wildman–Crippen MR) is 59.7 cm³/mol. The Morgan fingerprint density at radius 2 is 2.12 bits per heavy atom. The van der Waals surface area contributed by atoms with E-state index in [0.29, 0.717) is 0 Å². The number of hydrogen-bond donors (Lipinski definition) is 1. The van der Waals surface area contributed by atoms with Crippen LogP contribution in [0.1, 0.15) is 13.3 Å². The number of allylic oxidation sites excluding steroid dienone is 3. The van der Waals surface area contributed by atoms with E-state index in [-0.39, 0.29) is 12.1 Å². The van der Waals surface area contributed by atoms with Crippen LogP contribution in [-0.2, 0) is 14.9 Å². The number of azo groups is 1. The van der Waals surface area contributed by atoms with Crippen LogP contribution in [0.15, 0.2) is 45.8 Å². The summed E-state index contributed by atoms with van der Waals surface area (Å²) in [6.45, 7) is 1.73. The molecule has 0 spiro atoms. The van der Waals surface area contributed by atoms with Gasteiger partial charge in [-0.15, -0.1) is 10.2 Å². The molecule has 0 aromatic carbocycles. The molecule has 6 nitrogen and oxygen atoms in total. The van der Waals surface area contributed by atoms with Crippen LogP contribution in [-0.4, -0.2) is 23.6 Å². The largest absolute Gasteiger partial charge is 0.290 e. The molecule has 1 aliphatic carbocycles. The van der Waals surface area contributed by atoms with Gasteiger partial charge in [0.2, 0.25) is 0 Å². The standard InChI is InChI=1S/C10H10N2O4S/c1-7-3-2-4-10(6-7,17(14,15)16)8-5-9(13)12-11-8/h2-5H,6H2,1H3,(H,14,15,16). The average molecular weight is 254 g/mol. The van der Waals surface area contributed by atoms with Gasteiger partial charge < -0.3 is 0 Å². The highest BCUT2D eigenvalue weighted by Crippen LogP contribution is 2.39. The van der Waals surface area contributed by atoms with Crippen molar-refractivity contribution in [3.8, 4) is 0 Å². The van der Waals surface area contributed by atoms with Gasteiger partial charge in [0.25, 0.3) is 16.0 Å². The van der Waals surface area contributed by atoms with Gasteiger partial charge >= 0.3 is 0 Å². The number of carbonyl (C=O) groups is 1. The fraction of sp³-hybridized carbons (Fsp3) is 0.300. The Bertz CT molecular complexity index is 598. The van der Waals surface area contributed by atoms with Crippen molar-refractivity contribution in [2.75, 3.05) is 0 Å². The monoisotopic (exact) mass is 254 g/mol. The summed E-state index contributed by atoms with van der Waals surface area (Å²) in [6, 6.07) is 0. The second-order valence-electron chi connectivity index (χ2n) is 3.98. The van der Waals surface area contributed by atoms with E-state index in [9.17, 15) is 17.8 Å². The van der Waals surface area contributed by atoms with Crippen LogP contribution >= 0.6 is 0 Å². The Balaban J connectivity index is 2.59. The van der Waals surface area contributed by atoms with Gasteiger partial charge in [-0.2, -0.15) is 8.42 Å². The zero-order valence-corrected chi connectivity index (χ0v) is 9.81. The Kier molecular flexibility index (Phi) is 2.59. The highest BCUT2D eigenvalue weighted by molar-refractivity contribution is 7.87. The zero-order chi connectivity index (χ0) is 12.7. The summed E-state index contributed by atoms with van der Waals surface area (Å²) in [7, 11) is -4.43. The maximum atomic E-state index is 11.6. The second-order valence-corrected chi connectivity index (χ2v) is 5.66. The molecule has 0 aromatic heterocycles. The van der Waals surface area contributed by atoms with Crippen molar-refractivity contribution in [2.45, 2.75) is 18.1 Å². The number of amides is 1. The van der Waals surface area contributed by atoms with Gasteiger partial charge in [0.05, 0.1) is 5.70 Å². The molecule has 0 bridgehead atoms. The molecule has 1 heterocycles. The quantitative estimate of drug-likeness (QED) is 0.753. The number of hydrogen-bond acceptors (Lipinski definition) is 4. The van der Waals surface area contributed by atoms with Crippen molar-refractivity contribution in [1.29, 1.82) is 0 Å². The second kappa shape index (κ2) is 3.71. The molecule has 1 unspecified atom stereocenters. The zero-order valence-electron chi connectivity index (χ0n) is 8.99. The molecular weight excluding hydrogens is 244 g/mol. The maximum absolute atomic E-state index is 11.6. The van der Waals surface area contributed by atoms with E-state index in [1.165, 1.54) is 12.2 Å². The first-order valence-electron chi connectivity index (χ1n) is 4.85. The van der Waals surface area contributed by atoms with Gasteiger partial charge in [0.15, 0.2) is 4.75 Å². The van der Waals surface area contributed by atoms with Crippen molar-refractivity contribution >= 4 is 16.0 Å². The van der Waals surface area contributed by atoms with Crippen LogP contribution in [0.25, 0.3) is 0 Å². The first kappa shape index (κ1) is 11.9. The summed E-state index contributed by atoms with van der Waals surface area (Å²) >= 11 is 0. The number of nitrogens with zero attached hydrogens (tertiary/aromatic N) is 2. The fourth-order valence-electron chi connectivity index (χ4n) is 1.87. The summed E-state index contributed by atoms with van der Waals surface area (Å²) in [4.78, 5) is 11.0. The molecule has 0 saturated heterocycles. The third kappa shape index (κ3) is 1.87. The Hall–Kier alpha value is -1.60. The van der Waals surface area contributed by atoms with Gasteiger partial charge in [-0.3, -0.25) is 9.35 Å². The van der Waals surface area contributed by atoms with Crippen LogP contribution in [0, 0.1) is 0 Å². The molecule has 2 aliphatic rings. The van der Waals surface area contributed by atoms with Crippen molar-refractivity contribution in [1.82, 2.24) is 0 Å². The molecule has 1 N–H and O–H groups in total. The van der Waals surface area contributed by atoms with E-state index in [0.717, 1.165) is 11.6 Å². The summed E-state index contributed by atoms with van der Waals surface area (Å²) in [5.41, 5.74) is 0.717. The van der Waals surface area contributed by atoms with Crippen LogP contribution in [0.3, 0.4) is 0 Å². The molecular formula is C10H10N2O4S. The van der Waals surface area contributed by atoms with Gasteiger partial charge in [-0.1, -0.05) is 23.8 Å². The molecule has 1 atom stereocenters. The maximum Gasteiger partial charge on any atom is 0.290 e. The lowest BCUT2D eigenvalue weighted by molar-refractivity contribution is -0.113. The van der Waals surface area contributed by atoms with Crippen LogP contribution in [0.4, 0.5) is 0 Å². The third-order valence-corrected chi connectivity index (χ3v) is 4.11. The summed E-state index contributed by atoms with van der Waals surface area (Å²) in [5, 5.41) is 6.77. The molecule has 1 aliphatic heterocycles. The minimum absolute atomic E-state index is 0.0475. The van der Waals surface area contributed by atoms with Crippen molar-refractivity contribution in [3.63, 3.8) is 0 Å². The first-order chi connectivity index (χ1) is 7.85. The molecule has 17 heavy (non-hydrogen) atoms. The van der Waals surface area contributed by atoms with E-state index in [1.807, 2.05) is 0 Å². The highest BCUT2D eigenvalue weighted by Gasteiger charge is 2.47. The van der Waals surface area contributed by atoms with E-state index in [2.05, 4.69) is 10.2 Å². The molecule has 0 radical (unpaired) electrons. The van der Waals surface area contributed by atoms with E-state index in [1.54, 1.807) is 13.0 Å². The third-order valence-electron chi connectivity index (χ3n) is 2.70. The van der Waals surface area contributed by atoms with Crippen LogP contribution in [0.5, 0.6) is 0 Å². The van der Waals surface area contributed by atoms with Gasteiger partial charge in [-0.05, 0) is 13.3 Å². The van der Waals surface area contributed by atoms with Crippen molar-refractivity contribution in [2.24, 2.45) is 10.2 Å². The van der Waals surface area contributed by atoms with Gasteiger partial charge in [-0.25, -0.2) is 0 Å². The summed E-state index contributed by atoms with van der Waals surface area (Å²) < 4.78 is 30.8. The number of rotatable bonds is 2. The van der Waals surface area contributed by atoms with E-state index < -0.39 is 20.8 Å². The lowest BCUT2D eigenvalue weighted by atomic mass is 9.91. The molecule has 0 aromatic rings. The molecule has 0 saturated carbocycles. The van der Waals surface area contributed by atoms with Crippen molar-refractivity contribution in [3.05, 3.63) is 35.6 Å². The Morgan fingerprint density at radius 1 is 1.41 bits per heavy atom. The molecule has 0 fully saturated rings. The number of carbonyl (C=O) groups excluding carboxylic acids is 1. The minimum atomic E-state index is -4.43. The topological polar surface area (TPSA) is 96.2 Å². The summed E-state index contributed by atoms with van der Waals surface area (Å²) in [6.07, 6.45) is 5.65. The van der Waals surface area contributed by atoms with Crippen LogP contribution < -0.4 is 0 Å². The normalized spacial score (nSPS) is 28.2. The van der Waals surface area contributed by atoms with Gasteiger partial charge in [0.1, 0.15) is 0 Å². The molecule has 2 rings (SSSR count). The lowest BCUT2D eigenvalue weighted by Gasteiger charge is -2.28. The van der Waals surface area contributed by atoms with Gasteiger partial charge in [0, 0.05) is 6.08 Å². The van der Waals surface area contributed by atoms with Crippen LogP contribution in [0.2, 0.25) is 0 Å². The van der Waals surface area contributed by atoms with E-state index in [4.69, 9.17) is 0 Å². The predicted octanol–water partition coefficient (Wildman–Crippen LogP) is 1.40. The first-order valence-corrected chi connectivity index (χ1v) is 6.29. The Morgan fingerprint density at radius 3 is 2.59 bits per heavy atom. The lowest BCUT2D eigenvalue weighted by Crippen LogP contribution is -2.39. The fourth-order valence-corrected chi connectivity index (χ4v) is 2.89. The molecule has 1 amide bonds. The smallest absolute Gasteiger partial charge is 0.285 e. The minimum Gasteiger partial charge on any atom is -0.285 e. The summed E-state index contributed by atoms with van der Waals surface area (Å²) in [5.74, 6) is -0.622. The average Bonchev–Trinajstić information content (AvgIpc) is 2.63. The molecule has 90 valence electrons. The highest BCUT2D eigenvalue weighted by atomic mass is 32.2. The SMILES string of the molecule is CC1=CC=CC(C2=CC(=O)N=N2)(S(=O)(=O)O)C1.